The highest BCUT2D eigenvalue weighted by Crippen LogP contribution is 2.28. The second-order valence-corrected chi connectivity index (χ2v) is 6.67. The van der Waals surface area contributed by atoms with E-state index in [4.69, 9.17) is 0 Å². The van der Waals surface area contributed by atoms with E-state index in [-0.39, 0.29) is 0 Å². The normalized spacial score (nSPS) is 25.7. The topological polar surface area (TPSA) is 15.3 Å². The Balaban J connectivity index is 2.08. The molecule has 2 nitrogen and oxygen atoms in total. The fraction of sp³-hybridized carbons (Fsp3) is 1.00. The van der Waals surface area contributed by atoms with Crippen LogP contribution in [0.5, 0.6) is 0 Å². The van der Waals surface area contributed by atoms with E-state index >= 15 is 0 Å². The third kappa shape index (κ3) is 6.75. The van der Waals surface area contributed by atoms with E-state index in [1.807, 2.05) is 0 Å². The van der Waals surface area contributed by atoms with E-state index in [1.165, 1.54) is 58.0 Å². The zero-order chi connectivity index (χ0) is 13.4. The minimum Gasteiger partial charge on any atom is -0.314 e. The average Bonchev–Trinajstić information content (AvgIpc) is 2.53. The van der Waals surface area contributed by atoms with E-state index in [0.29, 0.717) is 0 Å². The fourth-order valence-electron chi connectivity index (χ4n) is 3.06. The molecule has 2 heteroatoms. The first-order chi connectivity index (χ1) is 8.59. The van der Waals surface area contributed by atoms with Crippen LogP contribution in [0.2, 0.25) is 0 Å². The van der Waals surface area contributed by atoms with Crippen LogP contribution in [-0.2, 0) is 0 Å². The number of hydrogen-bond acceptors (Lipinski definition) is 2. The summed E-state index contributed by atoms with van der Waals surface area (Å²) in [4.78, 5) is 2.28. The Morgan fingerprint density at radius 3 is 2.50 bits per heavy atom. The first kappa shape index (κ1) is 16.0. The maximum absolute atomic E-state index is 3.78. The van der Waals surface area contributed by atoms with Gasteiger partial charge in [-0.15, -0.1) is 0 Å². The molecule has 0 radical (unpaired) electrons. The fourth-order valence-corrected chi connectivity index (χ4v) is 3.06. The van der Waals surface area contributed by atoms with Gasteiger partial charge in [0, 0.05) is 6.04 Å². The van der Waals surface area contributed by atoms with E-state index in [9.17, 15) is 0 Å². The zero-order valence-electron chi connectivity index (χ0n) is 13.0. The Kier molecular flexibility index (Phi) is 7.92. The van der Waals surface area contributed by atoms with Gasteiger partial charge < -0.3 is 10.2 Å². The largest absolute Gasteiger partial charge is 0.314 e. The molecule has 1 fully saturated rings. The zero-order valence-corrected chi connectivity index (χ0v) is 13.0. The second-order valence-electron chi connectivity index (χ2n) is 6.67. The van der Waals surface area contributed by atoms with Crippen molar-refractivity contribution in [2.75, 3.05) is 27.2 Å². The highest BCUT2D eigenvalue weighted by molar-refractivity contribution is 4.76. The summed E-state index contributed by atoms with van der Waals surface area (Å²) < 4.78 is 0. The predicted molar refractivity (Wildman–Crippen MR) is 81.0 cm³/mol. The van der Waals surface area contributed by atoms with Crippen LogP contribution in [0.4, 0.5) is 0 Å². The molecule has 0 spiro atoms. The van der Waals surface area contributed by atoms with Crippen molar-refractivity contribution in [3.63, 3.8) is 0 Å². The maximum Gasteiger partial charge on any atom is 0.00671 e. The molecule has 1 aliphatic carbocycles. The molecule has 0 aromatic carbocycles. The quantitative estimate of drug-likeness (QED) is 0.552. The molecule has 2 atom stereocenters. The summed E-state index contributed by atoms with van der Waals surface area (Å²) in [5, 5.41) is 3.78. The predicted octanol–water partition coefficient (Wildman–Crippen LogP) is 3.52. The molecule has 0 bridgehead atoms. The van der Waals surface area contributed by atoms with Gasteiger partial charge >= 0.3 is 0 Å². The molecule has 0 heterocycles. The molecule has 0 aromatic rings. The lowest BCUT2D eigenvalue weighted by Crippen LogP contribution is -2.30. The summed E-state index contributed by atoms with van der Waals surface area (Å²) in [6, 6.07) is 0.799. The first-order valence-corrected chi connectivity index (χ1v) is 7.97. The van der Waals surface area contributed by atoms with Crippen molar-refractivity contribution < 1.29 is 0 Å². The van der Waals surface area contributed by atoms with Crippen molar-refractivity contribution in [1.82, 2.24) is 10.2 Å². The van der Waals surface area contributed by atoms with Crippen LogP contribution in [-0.4, -0.2) is 38.1 Å². The summed E-state index contributed by atoms with van der Waals surface area (Å²) in [6.45, 7) is 7.21. The number of nitrogens with zero attached hydrogens (tertiary/aromatic N) is 1. The summed E-state index contributed by atoms with van der Waals surface area (Å²) in [5.74, 6) is 1.86. The number of unbranched alkanes of at least 4 members (excludes halogenated alkanes) is 1. The first-order valence-electron chi connectivity index (χ1n) is 7.97. The second kappa shape index (κ2) is 8.92. The van der Waals surface area contributed by atoms with Gasteiger partial charge in [0.25, 0.3) is 0 Å². The van der Waals surface area contributed by atoms with Crippen molar-refractivity contribution in [1.29, 1.82) is 0 Å². The van der Waals surface area contributed by atoms with Crippen molar-refractivity contribution >= 4 is 0 Å². The van der Waals surface area contributed by atoms with E-state index in [0.717, 1.165) is 17.9 Å². The lowest BCUT2D eigenvalue weighted by molar-refractivity contribution is 0.337. The smallest absolute Gasteiger partial charge is 0.00671 e. The summed E-state index contributed by atoms with van der Waals surface area (Å²) in [7, 11) is 4.32. The number of rotatable bonds is 7. The van der Waals surface area contributed by atoms with Crippen LogP contribution in [0.15, 0.2) is 0 Å². The molecule has 0 aliphatic heterocycles. The Morgan fingerprint density at radius 2 is 1.83 bits per heavy atom. The summed E-state index contributed by atoms with van der Waals surface area (Å²) in [6.07, 6.45) is 9.76. The minimum absolute atomic E-state index is 0.799. The molecule has 0 amide bonds. The van der Waals surface area contributed by atoms with E-state index < -0.39 is 0 Å². The highest BCUT2D eigenvalue weighted by atomic mass is 15.0. The summed E-state index contributed by atoms with van der Waals surface area (Å²) >= 11 is 0. The van der Waals surface area contributed by atoms with Crippen LogP contribution < -0.4 is 5.32 Å². The van der Waals surface area contributed by atoms with Crippen LogP contribution in [0.25, 0.3) is 0 Å². The van der Waals surface area contributed by atoms with Gasteiger partial charge in [-0.05, 0) is 71.1 Å². The maximum atomic E-state index is 3.78. The Labute approximate surface area is 115 Å². The number of nitrogens with one attached hydrogen (secondary N) is 1. The van der Waals surface area contributed by atoms with Crippen LogP contribution in [0.1, 0.15) is 58.8 Å². The Morgan fingerprint density at radius 1 is 1.06 bits per heavy atom. The summed E-state index contributed by atoms with van der Waals surface area (Å²) in [5.41, 5.74) is 0. The third-order valence-corrected chi connectivity index (χ3v) is 4.42. The average molecular weight is 254 g/mol. The molecule has 0 aromatic heterocycles. The minimum atomic E-state index is 0.799. The third-order valence-electron chi connectivity index (χ3n) is 4.42. The lowest BCUT2D eigenvalue weighted by atomic mass is 9.89. The van der Waals surface area contributed by atoms with Crippen molar-refractivity contribution in [3.8, 4) is 0 Å². The number of hydrogen-bond donors (Lipinski definition) is 1. The van der Waals surface area contributed by atoms with Gasteiger partial charge in [-0.25, -0.2) is 0 Å². The molecule has 2 unspecified atom stereocenters. The van der Waals surface area contributed by atoms with Crippen LogP contribution in [0.3, 0.4) is 0 Å². The van der Waals surface area contributed by atoms with Gasteiger partial charge in [0.1, 0.15) is 0 Å². The lowest BCUT2D eigenvalue weighted by Gasteiger charge is -2.19. The molecule has 1 aliphatic rings. The SMILES string of the molecule is CC(C)C1CCCC(NCCCCN(C)C)CC1. The Bertz CT molecular complexity index is 201. The van der Waals surface area contributed by atoms with Gasteiger partial charge in [0.15, 0.2) is 0 Å². The molecule has 0 saturated heterocycles. The standard InChI is InChI=1S/C16H34N2/c1-14(2)15-8-7-9-16(11-10-15)17-12-5-6-13-18(3)4/h14-17H,5-13H2,1-4H3. The highest BCUT2D eigenvalue weighted by Gasteiger charge is 2.20. The van der Waals surface area contributed by atoms with E-state index in [2.05, 4.69) is 38.2 Å². The van der Waals surface area contributed by atoms with Gasteiger partial charge in [-0.3, -0.25) is 0 Å². The molecule has 108 valence electrons. The van der Waals surface area contributed by atoms with Crippen molar-refractivity contribution in [2.24, 2.45) is 11.8 Å². The van der Waals surface area contributed by atoms with Crippen molar-refractivity contribution in [2.45, 2.75) is 64.8 Å². The van der Waals surface area contributed by atoms with Gasteiger partial charge in [-0.1, -0.05) is 26.7 Å². The van der Waals surface area contributed by atoms with Gasteiger partial charge in [0.05, 0.1) is 0 Å². The van der Waals surface area contributed by atoms with Gasteiger partial charge in [-0.2, -0.15) is 0 Å². The van der Waals surface area contributed by atoms with E-state index in [1.54, 1.807) is 0 Å². The van der Waals surface area contributed by atoms with Crippen LogP contribution >= 0.6 is 0 Å². The molecular formula is C16H34N2. The van der Waals surface area contributed by atoms with Gasteiger partial charge in [0.2, 0.25) is 0 Å². The molecular weight excluding hydrogens is 220 g/mol. The molecule has 1 N–H and O–H groups in total. The Hall–Kier alpha value is -0.0800. The van der Waals surface area contributed by atoms with Crippen molar-refractivity contribution in [3.05, 3.63) is 0 Å². The molecule has 1 saturated carbocycles. The molecule has 1 rings (SSSR count). The van der Waals surface area contributed by atoms with Crippen LogP contribution in [0, 0.1) is 11.8 Å². The monoisotopic (exact) mass is 254 g/mol. The molecule has 18 heavy (non-hydrogen) atoms.